The van der Waals surface area contributed by atoms with Crippen molar-refractivity contribution in [1.29, 1.82) is 0 Å². The number of rotatable bonds is 2. The second-order valence-corrected chi connectivity index (χ2v) is 8.20. The molecule has 27 heavy (non-hydrogen) atoms. The first-order valence-corrected chi connectivity index (χ1v) is 9.08. The fourth-order valence-corrected chi connectivity index (χ4v) is 2.97. The van der Waals surface area contributed by atoms with Gasteiger partial charge in [-0.1, -0.05) is 53.0 Å². The first-order valence-electron chi connectivity index (χ1n) is 8.33. The molecule has 0 aliphatic heterocycles. The van der Waals surface area contributed by atoms with Gasteiger partial charge in [-0.15, -0.1) is 0 Å². The molecule has 0 amide bonds. The molecule has 0 bridgehead atoms. The zero-order chi connectivity index (χ0) is 19.9. The van der Waals surface area contributed by atoms with Crippen LogP contribution in [0.2, 0.25) is 10.0 Å². The number of esters is 1. The molecule has 140 valence electrons. The lowest BCUT2D eigenvalue weighted by Gasteiger charge is -2.18. The Hall–Kier alpha value is -2.30. The molecule has 4 nitrogen and oxygen atoms in total. The summed E-state index contributed by atoms with van der Waals surface area (Å²) in [6.07, 6.45) is 0. The van der Waals surface area contributed by atoms with Crippen molar-refractivity contribution >= 4 is 40.1 Å². The average Bonchev–Trinajstić information content (AvgIpc) is 2.57. The summed E-state index contributed by atoms with van der Waals surface area (Å²) in [6.45, 7) is 7.06. The maximum atomic E-state index is 13.1. The number of ether oxygens (including phenoxy) is 1. The first kappa shape index (κ1) is 19.5. The molecule has 0 fully saturated rings. The lowest BCUT2D eigenvalue weighted by molar-refractivity contribution is -0.143. The summed E-state index contributed by atoms with van der Waals surface area (Å²) in [5, 5.41) is 0.646. The van der Waals surface area contributed by atoms with E-state index in [1.165, 1.54) is 12.1 Å². The number of hydrogen-bond donors (Lipinski definition) is 0. The SMILES string of the molecule is Cc1ccc(-c2oc3c(Cl)cc(Cl)cc3c(=O)c2OC(=O)C(C)(C)C)cc1. The molecule has 6 heteroatoms. The van der Waals surface area contributed by atoms with E-state index in [2.05, 4.69) is 0 Å². The molecule has 2 aromatic carbocycles. The third-order valence-corrected chi connectivity index (χ3v) is 4.49. The molecule has 0 saturated heterocycles. The number of fused-ring (bicyclic) bond motifs is 1. The van der Waals surface area contributed by atoms with Gasteiger partial charge < -0.3 is 9.15 Å². The van der Waals surface area contributed by atoms with E-state index in [9.17, 15) is 9.59 Å². The Morgan fingerprint density at radius 1 is 1.07 bits per heavy atom. The van der Waals surface area contributed by atoms with Crippen LogP contribution in [0.5, 0.6) is 5.75 Å². The normalized spacial score (nSPS) is 11.6. The standard InChI is InChI=1S/C21H18Cl2O4/c1-11-5-7-12(8-6-11)17-19(27-20(25)21(2,3)4)16(24)14-9-13(22)10-15(23)18(14)26-17/h5-10H,1-4H3. The predicted molar refractivity (Wildman–Crippen MR) is 108 cm³/mol. The van der Waals surface area contributed by atoms with E-state index in [-0.39, 0.29) is 32.5 Å². The van der Waals surface area contributed by atoms with Gasteiger partial charge in [-0.25, -0.2) is 0 Å². The number of aryl methyl sites for hydroxylation is 1. The van der Waals surface area contributed by atoms with E-state index in [4.69, 9.17) is 32.4 Å². The molecule has 3 aromatic rings. The second-order valence-electron chi connectivity index (χ2n) is 7.36. The van der Waals surface area contributed by atoms with Crippen LogP contribution in [0.15, 0.2) is 45.6 Å². The van der Waals surface area contributed by atoms with E-state index >= 15 is 0 Å². The Balaban J connectivity index is 2.33. The molecule has 0 aliphatic rings. The summed E-state index contributed by atoms with van der Waals surface area (Å²) in [4.78, 5) is 25.5. The smallest absolute Gasteiger partial charge is 0.316 e. The van der Waals surface area contributed by atoms with Crippen molar-refractivity contribution in [3.8, 4) is 17.1 Å². The quantitative estimate of drug-likeness (QED) is 0.489. The Morgan fingerprint density at radius 2 is 1.70 bits per heavy atom. The number of halogens is 2. The summed E-state index contributed by atoms with van der Waals surface area (Å²) in [6, 6.07) is 10.3. The molecule has 3 rings (SSSR count). The lowest BCUT2D eigenvalue weighted by Crippen LogP contribution is -2.28. The van der Waals surface area contributed by atoms with Crippen molar-refractivity contribution in [3.63, 3.8) is 0 Å². The zero-order valence-corrected chi connectivity index (χ0v) is 16.9. The van der Waals surface area contributed by atoms with Gasteiger partial charge in [0.1, 0.15) is 0 Å². The van der Waals surface area contributed by atoms with Crippen molar-refractivity contribution in [3.05, 3.63) is 62.2 Å². The monoisotopic (exact) mass is 404 g/mol. The minimum Gasteiger partial charge on any atom is -0.450 e. The first-order chi connectivity index (χ1) is 12.6. The molecule has 1 heterocycles. The topological polar surface area (TPSA) is 56.5 Å². The fourth-order valence-electron chi connectivity index (χ4n) is 2.44. The van der Waals surface area contributed by atoms with E-state index in [0.717, 1.165) is 5.56 Å². The molecule has 0 unspecified atom stereocenters. The molecule has 0 saturated carbocycles. The van der Waals surface area contributed by atoms with Crippen LogP contribution in [0.3, 0.4) is 0 Å². The van der Waals surface area contributed by atoms with Crippen LogP contribution >= 0.6 is 23.2 Å². The highest BCUT2D eigenvalue weighted by Crippen LogP contribution is 2.35. The largest absolute Gasteiger partial charge is 0.450 e. The van der Waals surface area contributed by atoms with E-state index < -0.39 is 16.8 Å². The predicted octanol–water partition coefficient (Wildman–Crippen LogP) is 6.03. The van der Waals surface area contributed by atoms with Gasteiger partial charge in [-0.05, 0) is 39.8 Å². The van der Waals surface area contributed by atoms with Gasteiger partial charge in [0.15, 0.2) is 11.3 Å². The number of carbonyl (C=O) groups excluding carboxylic acids is 1. The highest BCUT2D eigenvalue weighted by Gasteiger charge is 2.28. The van der Waals surface area contributed by atoms with Crippen LogP contribution in [0.1, 0.15) is 26.3 Å². The molecular weight excluding hydrogens is 387 g/mol. The molecule has 1 aromatic heterocycles. The van der Waals surface area contributed by atoms with Crippen molar-refractivity contribution in [2.75, 3.05) is 0 Å². The molecule has 0 aliphatic carbocycles. The van der Waals surface area contributed by atoms with Crippen LogP contribution in [-0.2, 0) is 4.79 Å². The molecule has 0 atom stereocenters. The maximum Gasteiger partial charge on any atom is 0.316 e. The zero-order valence-electron chi connectivity index (χ0n) is 15.4. The van der Waals surface area contributed by atoms with Crippen molar-refractivity contribution < 1.29 is 13.9 Å². The van der Waals surface area contributed by atoms with Gasteiger partial charge in [-0.2, -0.15) is 0 Å². The molecular formula is C21H18Cl2O4. The lowest BCUT2D eigenvalue weighted by atomic mass is 9.97. The second kappa shape index (κ2) is 7.02. The van der Waals surface area contributed by atoms with Gasteiger partial charge in [0.2, 0.25) is 11.2 Å². The van der Waals surface area contributed by atoms with E-state index in [1.54, 1.807) is 32.9 Å². The van der Waals surface area contributed by atoms with Crippen LogP contribution in [0, 0.1) is 12.3 Å². The molecule has 0 radical (unpaired) electrons. The number of carbonyl (C=O) groups is 1. The van der Waals surface area contributed by atoms with Crippen LogP contribution in [0.25, 0.3) is 22.3 Å². The van der Waals surface area contributed by atoms with Crippen molar-refractivity contribution in [1.82, 2.24) is 0 Å². The van der Waals surface area contributed by atoms with Gasteiger partial charge in [0.25, 0.3) is 0 Å². The van der Waals surface area contributed by atoms with Gasteiger partial charge in [0.05, 0.1) is 15.8 Å². The average molecular weight is 405 g/mol. The minimum atomic E-state index is -0.794. The maximum absolute atomic E-state index is 13.1. The Morgan fingerprint density at radius 3 is 2.30 bits per heavy atom. The van der Waals surface area contributed by atoms with Gasteiger partial charge in [-0.3, -0.25) is 9.59 Å². The highest BCUT2D eigenvalue weighted by molar-refractivity contribution is 6.38. The summed E-state index contributed by atoms with van der Waals surface area (Å²) in [5.74, 6) is -0.574. The van der Waals surface area contributed by atoms with Crippen LogP contribution in [0.4, 0.5) is 0 Å². The summed E-state index contributed by atoms with van der Waals surface area (Å²) < 4.78 is 11.4. The summed E-state index contributed by atoms with van der Waals surface area (Å²) in [5.41, 5.74) is 0.533. The minimum absolute atomic E-state index is 0.148. The third-order valence-electron chi connectivity index (χ3n) is 3.99. The number of hydrogen-bond acceptors (Lipinski definition) is 4. The highest BCUT2D eigenvalue weighted by atomic mass is 35.5. The van der Waals surface area contributed by atoms with Crippen molar-refractivity contribution in [2.24, 2.45) is 5.41 Å². The summed E-state index contributed by atoms with van der Waals surface area (Å²) in [7, 11) is 0. The fraction of sp³-hybridized carbons (Fsp3) is 0.238. The van der Waals surface area contributed by atoms with E-state index in [1.807, 2.05) is 19.1 Å². The Kier molecular flexibility index (Phi) is 5.06. The molecule has 0 spiro atoms. The van der Waals surface area contributed by atoms with E-state index in [0.29, 0.717) is 5.56 Å². The Labute approximate surface area is 166 Å². The van der Waals surface area contributed by atoms with Crippen LogP contribution < -0.4 is 10.2 Å². The van der Waals surface area contributed by atoms with Crippen molar-refractivity contribution in [2.45, 2.75) is 27.7 Å². The third kappa shape index (κ3) is 3.87. The number of benzene rings is 2. The molecule has 0 N–H and O–H groups in total. The Bertz CT molecular complexity index is 1090. The van der Waals surface area contributed by atoms with Gasteiger partial charge in [0, 0.05) is 10.6 Å². The summed E-state index contributed by atoms with van der Waals surface area (Å²) >= 11 is 12.3. The van der Waals surface area contributed by atoms with Gasteiger partial charge >= 0.3 is 5.97 Å². The van der Waals surface area contributed by atoms with Crippen LogP contribution in [-0.4, -0.2) is 5.97 Å².